The Bertz CT molecular complexity index is 544. The van der Waals surface area contributed by atoms with Crippen LogP contribution in [0.4, 0.5) is 13.2 Å². The van der Waals surface area contributed by atoms with Crippen LogP contribution >= 0.6 is 22.6 Å². The van der Waals surface area contributed by atoms with Gasteiger partial charge in [0, 0.05) is 6.20 Å². The first-order valence-corrected chi connectivity index (χ1v) is 6.58. The molecule has 0 unspecified atom stereocenters. The van der Waals surface area contributed by atoms with E-state index in [9.17, 15) is 21.6 Å². The quantitative estimate of drug-likeness (QED) is 0.622. The van der Waals surface area contributed by atoms with Crippen LogP contribution in [0.15, 0.2) is 11.1 Å². The van der Waals surface area contributed by atoms with Gasteiger partial charge in [0.15, 0.2) is 5.75 Å². The summed E-state index contributed by atoms with van der Waals surface area (Å²) in [7, 11) is -4.33. The molecule has 0 amide bonds. The Kier molecular flexibility index (Phi) is 3.88. The third-order valence-electron chi connectivity index (χ3n) is 1.63. The second-order valence-electron chi connectivity index (χ2n) is 2.98. The molecule has 17 heavy (non-hydrogen) atoms. The summed E-state index contributed by atoms with van der Waals surface area (Å²) in [4.78, 5) is 2.86. The van der Waals surface area contributed by atoms with E-state index in [1.54, 1.807) is 0 Å². The average molecular weight is 382 g/mol. The molecule has 1 aromatic rings. The van der Waals surface area contributed by atoms with Gasteiger partial charge in [-0.05, 0) is 35.1 Å². The van der Waals surface area contributed by atoms with Crippen LogP contribution in [-0.4, -0.2) is 19.8 Å². The molecule has 0 bridgehead atoms. The highest BCUT2D eigenvalue weighted by Gasteiger charge is 2.35. The monoisotopic (exact) mass is 382 g/mol. The summed E-state index contributed by atoms with van der Waals surface area (Å²) >= 11 is 1.43. The Morgan fingerprint density at radius 2 is 2.00 bits per heavy atom. The first-order chi connectivity index (χ1) is 7.52. The van der Waals surface area contributed by atoms with Crippen LogP contribution in [0.2, 0.25) is 0 Å². The lowest BCUT2D eigenvalue weighted by Crippen LogP contribution is -2.23. The second-order valence-corrected chi connectivity index (χ2v) is 5.50. The average Bonchev–Trinajstić information content (AvgIpc) is 2.06. The van der Waals surface area contributed by atoms with E-state index in [1.807, 2.05) is 0 Å². The molecule has 0 atom stereocenters. The number of halogens is 4. The number of pyridine rings is 1. The molecule has 5 nitrogen and oxygen atoms in total. The van der Waals surface area contributed by atoms with Gasteiger partial charge in [0.2, 0.25) is 10.0 Å². The molecule has 0 saturated carbocycles. The van der Waals surface area contributed by atoms with Crippen LogP contribution in [0.25, 0.3) is 0 Å². The molecule has 0 spiro atoms. The minimum Gasteiger partial charge on any atom is -0.401 e. The van der Waals surface area contributed by atoms with Crippen LogP contribution in [0.5, 0.6) is 5.75 Å². The van der Waals surface area contributed by atoms with Crippen molar-refractivity contribution in [3.8, 4) is 5.75 Å². The normalized spacial score (nSPS) is 12.6. The molecule has 1 heterocycles. The fraction of sp³-hybridized carbons (Fsp3) is 0.286. The topological polar surface area (TPSA) is 82.3 Å². The molecule has 0 aliphatic carbocycles. The highest BCUT2D eigenvalue weighted by Crippen LogP contribution is 2.34. The Morgan fingerprint density at radius 1 is 1.47 bits per heavy atom. The van der Waals surface area contributed by atoms with E-state index in [0.29, 0.717) is 0 Å². The molecule has 0 fully saturated rings. The highest BCUT2D eigenvalue weighted by atomic mass is 127. The molecule has 0 aliphatic heterocycles. The molecule has 0 radical (unpaired) electrons. The largest absolute Gasteiger partial charge is 0.573 e. The van der Waals surface area contributed by atoms with E-state index in [0.717, 1.165) is 6.20 Å². The number of aromatic nitrogens is 1. The van der Waals surface area contributed by atoms with E-state index >= 15 is 0 Å². The van der Waals surface area contributed by atoms with Crippen molar-refractivity contribution in [3.63, 3.8) is 0 Å². The van der Waals surface area contributed by atoms with E-state index in [-0.39, 0.29) is 9.26 Å². The number of hydrogen-bond acceptors (Lipinski definition) is 4. The number of rotatable bonds is 2. The van der Waals surface area contributed by atoms with Gasteiger partial charge in [-0.2, -0.15) is 0 Å². The lowest BCUT2D eigenvalue weighted by molar-refractivity contribution is -0.276. The van der Waals surface area contributed by atoms with Crippen LogP contribution in [0.1, 0.15) is 5.56 Å². The molecule has 0 aromatic carbocycles. The first kappa shape index (κ1) is 14.4. The predicted molar refractivity (Wildman–Crippen MR) is 59.7 cm³/mol. The van der Waals surface area contributed by atoms with Crippen molar-refractivity contribution in [1.29, 1.82) is 0 Å². The molecule has 0 aliphatic rings. The fourth-order valence-corrected chi connectivity index (χ4v) is 2.70. The number of nitrogens with two attached hydrogens (primary N) is 1. The smallest absolute Gasteiger partial charge is 0.401 e. The third kappa shape index (κ3) is 3.67. The second kappa shape index (κ2) is 4.57. The van der Waals surface area contributed by atoms with E-state index in [1.165, 1.54) is 29.5 Å². The summed E-state index contributed by atoms with van der Waals surface area (Å²) in [6, 6.07) is 0. The van der Waals surface area contributed by atoms with Gasteiger partial charge >= 0.3 is 6.36 Å². The number of sulfonamides is 1. The van der Waals surface area contributed by atoms with Crippen molar-refractivity contribution in [2.75, 3.05) is 0 Å². The van der Waals surface area contributed by atoms with Crippen molar-refractivity contribution in [2.24, 2.45) is 5.14 Å². The Hall–Kier alpha value is -0.620. The standard InChI is InChI=1S/C7H6F3IN2O3S/c1-3-2-13-6(11)4(16-7(8,9)10)5(3)17(12,14)15/h2H,1H3,(H2,12,14,15). The third-order valence-corrected chi connectivity index (χ3v) is 3.47. The van der Waals surface area contributed by atoms with E-state index in [2.05, 4.69) is 9.72 Å². The van der Waals surface area contributed by atoms with Crippen molar-refractivity contribution in [2.45, 2.75) is 18.2 Å². The van der Waals surface area contributed by atoms with Gasteiger partial charge < -0.3 is 4.74 Å². The Labute approximate surface area is 108 Å². The van der Waals surface area contributed by atoms with Crippen LogP contribution < -0.4 is 9.88 Å². The Morgan fingerprint density at radius 3 is 2.41 bits per heavy atom. The maximum absolute atomic E-state index is 12.1. The van der Waals surface area contributed by atoms with Gasteiger partial charge in [0.25, 0.3) is 0 Å². The summed E-state index contributed by atoms with van der Waals surface area (Å²) in [5, 5.41) is 4.84. The summed E-state index contributed by atoms with van der Waals surface area (Å²) in [5.74, 6) is -0.902. The molecular formula is C7H6F3IN2O3S. The van der Waals surface area contributed by atoms with Crippen molar-refractivity contribution in [1.82, 2.24) is 4.98 Å². The van der Waals surface area contributed by atoms with Gasteiger partial charge in [0.05, 0.1) is 0 Å². The van der Waals surface area contributed by atoms with Gasteiger partial charge in [-0.1, -0.05) is 0 Å². The lowest BCUT2D eigenvalue weighted by Gasteiger charge is -2.14. The van der Waals surface area contributed by atoms with Crippen molar-refractivity contribution < 1.29 is 26.3 Å². The maximum atomic E-state index is 12.1. The highest BCUT2D eigenvalue weighted by molar-refractivity contribution is 14.1. The molecular weight excluding hydrogens is 376 g/mol. The molecule has 1 aromatic heterocycles. The van der Waals surface area contributed by atoms with E-state index in [4.69, 9.17) is 5.14 Å². The van der Waals surface area contributed by atoms with Gasteiger partial charge in [0.1, 0.15) is 8.60 Å². The van der Waals surface area contributed by atoms with E-state index < -0.39 is 27.0 Å². The molecule has 10 heteroatoms. The number of ether oxygens (including phenoxy) is 1. The summed E-state index contributed by atoms with van der Waals surface area (Å²) < 4.78 is 62.2. The van der Waals surface area contributed by atoms with Crippen molar-refractivity contribution in [3.05, 3.63) is 15.5 Å². The lowest BCUT2D eigenvalue weighted by atomic mass is 10.3. The van der Waals surface area contributed by atoms with Crippen LogP contribution in [0.3, 0.4) is 0 Å². The summed E-state index contributed by atoms with van der Waals surface area (Å²) in [6.07, 6.45) is -3.92. The molecule has 2 N–H and O–H groups in total. The number of hydrogen-bond donors (Lipinski definition) is 1. The SMILES string of the molecule is Cc1cnc(I)c(OC(F)(F)F)c1S(N)(=O)=O. The molecule has 1 rings (SSSR count). The first-order valence-electron chi connectivity index (χ1n) is 3.96. The number of alkyl halides is 3. The maximum Gasteiger partial charge on any atom is 0.573 e. The minimum atomic E-state index is -5.02. The predicted octanol–water partition coefficient (Wildman–Crippen LogP) is 1.54. The zero-order chi connectivity index (χ0) is 13.4. The number of nitrogens with zero attached hydrogens (tertiary/aromatic N) is 1. The van der Waals surface area contributed by atoms with Crippen molar-refractivity contribution >= 4 is 32.6 Å². The van der Waals surface area contributed by atoms with Crippen LogP contribution in [-0.2, 0) is 10.0 Å². The van der Waals surface area contributed by atoms with Gasteiger partial charge in [-0.3, -0.25) is 0 Å². The number of aryl methyl sites for hydroxylation is 1. The molecule has 0 saturated heterocycles. The van der Waals surface area contributed by atoms with Gasteiger partial charge in [-0.15, -0.1) is 13.2 Å². The fourth-order valence-electron chi connectivity index (χ4n) is 1.10. The Balaban J connectivity index is 3.52. The van der Waals surface area contributed by atoms with Crippen LogP contribution in [0, 0.1) is 10.6 Å². The summed E-state index contributed by atoms with van der Waals surface area (Å²) in [5.41, 5.74) is -0.0211. The van der Waals surface area contributed by atoms with Gasteiger partial charge in [-0.25, -0.2) is 18.5 Å². The molecule has 96 valence electrons. The number of primary sulfonamides is 1. The zero-order valence-corrected chi connectivity index (χ0v) is 11.2. The summed E-state index contributed by atoms with van der Waals surface area (Å²) in [6.45, 7) is 1.27. The minimum absolute atomic E-state index is 0.0211. The zero-order valence-electron chi connectivity index (χ0n) is 8.25.